The molecule has 2 aromatic carbocycles. The van der Waals surface area contributed by atoms with Gasteiger partial charge in [0.1, 0.15) is 10.6 Å². The maximum Gasteiger partial charge on any atom is 0.333 e. The Morgan fingerprint density at radius 2 is 1.79 bits per heavy atom. The van der Waals surface area contributed by atoms with Crippen LogP contribution in [-0.2, 0) is 25.3 Å². The Balaban J connectivity index is 1.96. The van der Waals surface area contributed by atoms with E-state index >= 15 is 0 Å². The Morgan fingerprint density at radius 1 is 1.12 bits per heavy atom. The van der Waals surface area contributed by atoms with Crippen LogP contribution in [0.15, 0.2) is 57.0 Å². The minimum atomic E-state index is -0.706. The first-order chi connectivity index (χ1) is 16.1. The summed E-state index contributed by atoms with van der Waals surface area (Å²) in [7, 11) is 2.67. The highest BCUT2D eigenvalue weighted by Gasteiger charge is 2.22. The largest absolute Gasteiger partial charge is 0.494 e. The first-order valence-corrected chi connectivity index (χ1v) is 11.8. The van der Waals surface area contributed by atoms with Crippen molar-refractivity contribution in [2.75, 3.05) is 11.1 Å². The zero-order valence-electron chi connectivity index (χ0n) is 19.3. The SMILES string of the molecule is CCc1ccc(N=C(SCC(=O)Nc2ccc(C)c(Cl)c2)c2c(O)n(C)c(=O)n(C)c2=O)cc1. The second kappa shape index (κ2) is 10.8. The fraction of sp³-hybridized carbons (Fsp3) is 0.250. The van der Waals surface area contributed by atoms with Crippen LogP contribution in [0.25, 0.3) is 0 Å². The summed E-state index contributed by atoms with van der Waals surface area (Å²) in [5.74, 6) is -0.960. The summed E-state index contributed by atoms with van der Waals surface area (Å²) in [4.78, 5) is 42.2. The van der Waals surface area contributed by atoms with Gasteiger partial charge in [-0.3, -0.25) is 18.7 Å². The Kier molecular flexibility index (Phi) is 8.01. The Hall–Kier alpha value is -3.30. The summed E-state index contributed by atoms with van der Waals surface area (Å²) >= 11 is 7.11. The molecule has 8 nitrogen and oxygen atoms in total. The number of aromatic hydroxyl groups is 1. The van der Waals surface area contributed by atoms with Gasteiger partial charge in [0.05, 0.1) is 11.4 Å². The molecule has 0 atom stereocenters. The van der Waals surface area contributed by atoms with E-state index in [2.05, 4.69) is 10.3 Å². The van der Waals surface area contributed by atoms with E-state index in [9.17, 15) is 19.5 Å². The molecule has 3 aromatic rings. The van der Waals surface area contributed by atoms with E-state index in [1.807, 2.05) is 26.0 Å². The van der Waals surface area contributed by atoms with Crippen LogP contribution in [0.2, 0.25) is 5.02 Å². The van der Waals surface area contributed by atoms with Crippen molar-refractivity contribution < 1.29 is 9.90 Å². The fourth-order valence-electron chi connectivity index (χ4n) is 3.11. The van der Waals surface area contributed by atoms with Crippen LogP contribution in [0.4, 0.5) is 11.4 Å². The lowest BCUT2D eigenvalue weighted by Crippen LogP contribution is -2.39. The predicted molar refractivity (Wildman–Crippen MR) is 138 cm³/mol. The Labute approximate surface area is 205 Å². The summed E-state index contributed by atoms with van der Waals surface area (Å²) in [6, 6.07) is 12.6. The average Bonchev–Trinajstić information content (AvgIpc) is 2.82. The second-order valence-electron chi connectivity index (χ2n) is 7.64. The maximum atomic E-state index is 12.9. The molecule has 10 heteroatoms. The highest BCUT2D eigenvalue weighted by molar-refractivity contribution is 8.15. The molecule has 0 saturated carbocycles. The van der Waals surface area contributed by atoms with Crippen LogP contribution >= 0.6 is 23.4 Å². The van der Waals surface area contributed by atoms with Crippen molar-refractivity contribution in [3.8, 4) is 5.88 Å². The topological polar surface area (TPSA) is 106 Å². The summed E-state index contributed by atoms with van der Waals surface area (Å²) in [6.07, 6.45) is 0.858. The molecule has 0 aliphatic heterocycles. The molecule has 0 bridgehead atoms. The van der Waals surface area contributed by atoms with E-state index in [1.165, 1.54) is 14.1 Å². The zero-order valence-corrected chi connectivity index (χ0v) is 20.8. The van der Waals surface area contributed by atoms with Crippen LogP contribution in [0.3, 0.4) is 0 Å². The number of aromatic nitrogens is 2. The summed E-state index contributed by atoms with van der Waals surface area (Å²) in [6.45, 7) is 3.89. The standard InChI is InChI=1S/C24H25ClN4O4S/c1-5-15-7-10-16(11-8-15)27-21(20-22(31)28(3)24(33)29(4)23(20)32)34-13-19(30)26-17-9-6-14(2)18(25)12-17/h6-12,31H,5,13H2,1-4H3,(H,26,30). The van der Waals surface area contributed by atoms with Gasteiger partial charge in [0.15, 0.2) is 0 Å². The average molecular weight is 501 g/mol. The highest BCUT2D eigenvalue weighted by atomic mass is 35.5. The lowest BCUT2D eigenvalue weighted by atomic mass is 10.1. The van der Waals surface area contributed by atoms with Crippen molar-refractivity contribution >= 4 is 45.7 Å². The molecule has 0 unspecified atom stereocenters. The smallest absolute Gasteiger partial charge is 0.333 e. The quantitative estimate of drug-likeness (QED) is 0.396. The van der Waals surface area contributed by atoms with Gasteiger partial charge >= 0.3 is 5.69 Å². The number of carbonyl (C=O) groups is 1. The molecular formula is C24H25ClN4O4S. The van der Waals surface area contributed by atoms with Crippen molar-refractivity contribution in [2.45, 2.75) is 20.3 Å². The second-order valence-corrected chi connectivity index (χ2v) is 9.01. The number of hydrogen-bond donors (Lipinski definition) is 2. The van der Waals surface area contributed by atoms with Gasteiger partial charge < -0.3 is 10.4 Å². The van der Waals surface area contributed by atoms with Crippen LogP contribution in [0.5, 0.6) is 5.88 Å². The molecule has 2 N–H and O–H groups in total. The first-order valence-electron chi connectivity index (χ1n) is 10.5. The van der Waals surface area contributed by atoms with E-state index < -0.39 is 17.1 Å². The number of hydrogen-bond acceptors (Lipinski definition) is 6. The molecule has 0 spiro atoms. The van der Waals surface area contributed by atoms with Crippen molar-refractivity contribution in [1.29, 1.82) is 0 Å². The molecule has 34 heavy (non-hydrogen) atoms. The molecule has 3 rings (SSSR count). The van der Waals surface area contributed by atoms with Crippen molar-refractivity contribution in [3.05, 3.63) is 85.0 Å². The van der Waals surface area contributed by atoms with Crippen LogP contribution in [0, 0.1) is 6.92 Å². The molecule has 0 aliphatic carbocycles. The number of rotatable bonds is 6. The number of aryl methyl sites for hydroxylation is 2. The number of nitrogens with zero attached hydrogens (tertiary/aromatic N) is 3. The predicted octanol–water partition coefficient (Wildman–Crippen LogP) is 3.76. The highest BCUT2D eigenvalue weighted by Crippen LogP contribution is 2.24. The van der Waals surface area contributed by atoms with E-state index in [4.69, 9.17) is 11.6 Å². The third-order valence-electron chi connectivity index (χ3n) is 5.22. The number of amides is 1. The van der Waals surface area contributed by atoms with Gasteiger partial charge in [0.2, 0.25) is 11.8 Å². The van der Waals surface area contributed by atoms with Gasteiger partial charge in [-0.2, -0.15) is 0 Å². The van der Waals surface area contributed by atoms with Gasteiger partial charge in [-0.15, -0.1) is 0 Å². The van der Waals surface area contributed by atoms with Crippen LogP contribution in [0.1, 0.15) is 23.6 Å². The van der Waals surface area contributed by atoms with Gasteiger partial charge in [-0.1, -0.05) is 48.5 Å². The van der Waals surface area contributed by atoms with Crippen molar-refractivity contribution in [3.63, 3.8) is 0 Å². The van der Waals surface area contributed by atoms with Crippen LogP contribution in [-0.4, -0.2) is 30.9 Å². The van der Waals surface area contributed by atoms with Crippen molar-refractivity contribution in [2.24, 2.45) is 19.1 Å². The van der Waals surface area contributed by atoms with E-state index in [1.54, 1.807) is 30.3 Å². The summed E-state index contributed by atoms with van der Waals surface area (Å²) in [5, 5.41) is 14.0. The Bertz CT molecular complexity index is 1380. The molecule has 1 amide bonds. The van der Waals surface area contributed by atoms with Gasteiger partial charge in [-0.05, 0) is 48.7 Å². The molecule has 1 aromatic heterocycles. The summed E-state index contributed by atoms with van der Waals surface area (Å²) < 4.78 is 1.85. The normalized spacial score (nSPS) is 11.5. The minimum absolute atomic E-state index is 0.0944. The van der Waals surface area contributed by atoms with E-state index in [0.717, 1.165) is 38.4 Å². The number of anilines is 1. The third-order valence-corrected chi connectivity index (χ3v) is 6.60. The lowest BCUT2D eigenvalue weighted by molar-refractivity contribution is -0.113. The van der Waals surface area contributed by atoms with Gasteiger partial charge in [0.25, 0.3) is 5.56 Å². The Morgan fingerprint density at radius 3 is 2.41 bits per heavy atom. The molecular weight excluding hydrogens is 476 g/mol. The third kappa shape index (κ3) is 5.60. The zero-order chi connectivity index (χ0) is 25.0. The molecule has 0 saturated heterocycles. The number of carbonyl (C=O) groups excluding carboxylic acids is 1. The van der Waals surface area contributed by atoms with E-state index in [0.29, 0.717) is 16.4 Å². The molecule has 0 aliphatic rings. The van der Waals surface area contributed by atoms with Gasteiger partial charge in [-0.25, -0.2) is 9.79 Å². The first kappa shape index (κ1) is 25.3. The number of nitrogens with one attached hydrogen (secondary N) is 1. The maximum absolute atomic E-state index is 12.9. The minimum Gasteiger partial charge on any atom is -0.494 e. The fourth-order valence-corrected chi connectivity index (χ4v) is 4.12. The number of halogens is 1. The summed E-state index contributed by atoms with van der Waals surface area (Å²) in [5.41, 5.74) is 1.56. The monoisotopic (exact) mass is 500 g/mol. The molecule has 1 heterocycles. The number of thioether (sulfide) groups is 1. The van der Waals surface area contributed by atoms with Crippen molar-refractivity contribution in [1.82, 2.24) is 9.13 Å². The number of aliphatic imine (C=N–C) groups is 1. The van der Waals surface area contributed by atoms with E-state index in [-0.39, 0.29) is 22.3 Å². The molecule has 0 radical (unpaired) electrons. The molecule has 178 valence electrons. The molecule has 0 fully saturated rings. The van der Waals surface area contributed by atoms with Gasteiger partial charge in [0, 0.05) is 24.8 Å². The number of benzene rings is 2. The van der Waals surface area contributed by atoms with Crippen LogP contribution < -0.4 is 16.6 Å². The lowest BCUT2D eigenvalue weighted by Gasteiger charge is -2.13.